The topological polar surface area (TPSA) is 46.4 Å². The molecule has 3 rings (SSSR count). The lowest BCUT2D eigenvalue weighted by Gasteiger charge is -1.98. The molecule has 2 aromatic rings. The molecule has 1 fully saturated rings. The van der Waals surface area contributed by atoms with E-state index in [0.717, 1.165) is 24.2 Å². The van der Waals surface area contributed by atoms with Crippen molar-refractivity contribution in [3.8, 4) is 0 Å². The van der Waals surface area contributed by atoms with E-state index in [0.29, 0.717) is 11.2 Å². The van der Waals surface area contributed by atoms with Gasteiger partial charge in [-0.05, 0) is 31.1 Å². The van der Waals surface area contributed by atoms with Crippen LogP contribution in [-0.2, 0) is 4.79 Å². The second-order valence-electron chi connectivity index (χ2n) is 4.33. The van der Waals surface area contributed by atoms with Gasteiger partial charge < -0.3 is 5.32 Å². The van der Waals surface area contributed by atoms with Crippen LogP contribution in [0.2, 0.25) is 5.15 Å². The Morgan fingerprint density at radius 3 is 3.11 bits per heavy atom. The van der Waals surface area contributed by atoms with Gasteiger partial charge in [0.15, 0.2) is 5.15 Å². The van der Waals surface area contributed by atoms with Crippen molar-refractivity contribution in [2.24, 2.45) is 0 Å². The van der Waals surface area contributed by atoms with Crippen LogP contribution in [0.4, 0.5) is 0 Å². The first-order chi connectivity index (χ1) is 8.74. The van der Waals surface area contributed by atoms with Gasteiger partial charge in [-0.1, -0.05) is 17.7 Å². The fourth-order valence-electron chi connectivity index (χ4n) is 1.77. The number of carbonyl (C=O) groups excluding carboxylic acids is 1. The number of nitrogens with one attached hydrogen (secondary N) is 1. The van der Waals surface area contributed by atoms with Crippen LogP contribution in [0.15, 0.2) is 30.5 Å². The second-order valence-corrected chi connectivity index (χ2v) is 4.69. The molecule has 0 radical (unpaired) electrons. The number of hydrogen-bond acceptors (Lipinski definition) is 2. The molecule has 0 spiro atoms. The number of nitrogens with zero attached hydrogens (tertiary/aromatic N) is 2. The molecule has 5 heteroatoms. The quantitative estimate of drug-likeness (QED) is 0.862. The lowest BCUT2D eigenvalue weighted by atomic mass is 10.3. The van der Waals surface area contributed by atoms with Gasteiger partial charge in [0, 0.05) is 18.3 Å². The highest BCUT2D eigenvalue weighted by atomic mass is 35.5. The molecule has 18 heavy (non-hydrogen) atoms. The first-order valence-electron chi connectivity index (χ1n) is 5.85. The van der Waals surface area contributed by atoms with Crippen LogP contribution in [0.3, 0.4) is 0 Å². The van der Waals surface area contributed by atoms with E-state index in [1.54, 1.807) is 6.08 Å². The lowest BCUT2D eigenvalue weighted by Crippen LogP contribution is -2.22. The Kier molecular flexibility index (Phi) is 2.80. The molecule has 4 nitrogen and oxygen atoms in total. The SMILES string of the molecule is O=C(/C=C/c1c(Cl)nc2ccccn12)NC1CC1. The Labute approximate surface area is 109 Å². The maximum atomic E-state index is 11.6. The maximum Gasteiger partial charge on any atom is 0.244 e. The van der Waals surface area contributed by atoms with Crippen LogP contribution in [-0.4, -0.2) is 21.3 Å². The minimum Gasteiger partial charge on any atom is -0.350 e. The van der Waals surface area contributed by atoms with Gasteiger partial charge in [0.25, 0.3) is 0 Å². The summed E-state index contributed by atoms with van der Waals surface area (Å²) < 4.78 is 1.85. The fourth-order valence-corrected chi connectivity index (χ4v) is 2.01. The number of pyridine rings is 1. The molecule has 1 amide bonds. The number of rotatable bonds is 3. The first kappa shape index (κ1) is 11.3. The molecular weight excluding hydrogens is 250 g/mol. The van der Waals surface area contributed by atoms with E-state index >= 15 is 0 Å². The molecule has 0 aliphatic heterocycles. The van der Waals surface area contributed by atoms with Gasteiger partial charge >= 0.3 is 0 Å². The predicted octanol–water partition coefficient (Wildman–Crippen LogP) is 2.28. The Hall–Kier alpha value is -1.81. The molecule has 1 N–H and O–H groups in total. The molecule has 2 aromatic heterocycles. The number of fused-ring (bicyclic) bond motifs is 1. The molecule has 1 aliphatic rings. The summed E-state index contributed by atoms with van der Waals surface area (Å²) in [5.74, 6) is -0.0838. The van der Waals surface area contributed by atoms with Gasteiger partial charge in [-0.3, -0.25) is 9.20 Å². The maximum absolute atomic E-state index is 11.6. The molecular formula is C13H12ClN3O. The number of hydrogen-bond donors (Lipinski definition) is 1. The van der Waals surface area contributed by atoms with E-state index in [1.165, 1.54) is 6.08 Å². The van der Waals surface area contributed by atoms with Crippen molar-refractivity contribution in [1.82, 2.24) is 14.7 Å². The molecule has 1 aliphatic carbocycles. The summed E-state index contributed by atoms with van der Waals surface area (Å²) in [6.45, 7) is 0. The van der Waals surface area contributed by atoms with E-state index < -0.39 is 0 Å². The second kappa shape index (κ2) is 4.46. The van der Waals surface area contributed by atoms with E-state index in [9.17, 15) is 4.79 Å². The highest BCUT2D eigenvalue weighted by Crippen LogP contribution is 2.20. The van der Waals surface area contributed by atoms with Crippen molar-refractivity contribution >= 4 is 29.2 Å². The molecule has 0 atom stereocenters. The van der Waals surface area contributed by atoms with Crippen molar-refractivity contribution in [1.29, 1.82) is 0 Å². The predicted molar refractivity (Wildman–Crippen MR) is 70.4 cm³/mol. The van der Waals surface area contributed by atoms with Crippen LogP contribution in [0, 0.1) is 0 Å². The van der Waals surface area contributed by atoms with Gasteiger partial charge in [-0.25, -0.2) is 4.98 Å². The first-order valence-corrected chi connectivity index (χ1v) is 6.23. The van der Waals surface area contributed by atoms with Crippen molar-refractivity contribution < 1.29 is 4.79 Å². The molecule has 0 bridgehead atoms. The van der Waals surface area contributed by atoms with E-state index in [-0.39, 0.29) is 5.91 Å². The minimum absolute atomic E-state index is 0.0838. The van der Waals surface area contributed by atoms with E-state index in [2.05, 4.69) is 10.3 Å². The van der Waals surface area contributed by atoms with Crippen LogP contribution in [0.5, 0.6) is 0 Å². The molecule has 0 unspecified atom stereocenters. The summed E-state index contributed by atoms with van der Waals surface area (Å²) in [7, 11) is 0. The number of aromatic nitrogens is 2. The lowest BCUT2D eigenvalue weighted by molar-refractivity contribution is -0.116. The minimum atomic E-state index is -0.0838. The Morgan fingerprint density at radius 2 is 2.33 bits per heavy atom. The molecule has 0 aromatic carbocycles. The normalized spacial score (nSPS) is 15.4. The summed E-state index contributed by atoms with van der Waals surface area (Å²) in [5, 5.41) is 3.29. The summed E-state index contributed by atoms with van der Waals surface area (Å²) in [6.07, 6.45) is 7.22. The van der Waals surface area contributed by atoms with Crippen LogP contribution in [0.1, 0.15) is 18.5 Å². The highest BCUT2D eigenvalue weighted by Gasteiger charge is 2.22. The molecule has 1 saturated carbocycles. The van der Waals surface area contributed by atoms with Gasteiger partial charge in [0.1, 0.15) is 5.65 Å². The van der Waals surface area contributed by atoms with E-state index in [4.69, 9.17) is 11.6 Å². The fraction of sp³-hybridized carbons (Fsp3) is 0.231. The van der Waals surface area contributed by atoms with Crippen LogP contribution < -0.4 is 5.32 Å². The zero-order chi connectivity index (χ0) is 12.5. The monoisotopic (exact) mass is 261 g/mol. The average molecular weight is 262 g/mol. The smallest absolute Gasteiger partial charge is 0.244 e. The summed E-state index contributed by atoms with van der Waals surface area (Å²) in [4.78, 5) is 15.8. The van der Waals surface area contributed by atoms with Crippen molar-refractivity contribution in [3.63, 3.8) is 0 Å². The Balaban J connectivity index is 1.86. The number of carbonyl (C=O) groups is 1. The van der Waals surface area contributed by atoms with Gasteiger partial charge in [0.2, 0.25) is 5.91 Å². The van der Waals surface area contributed by atoms with Crippen molar-refractivity contribution in [3.05, 3.63) is 41.3 Å². The summed E-state index contributed by atoms with van der Waals surface area (Å²) >= 11 is 6.05. The molecule has 0 saturated heterocycles. The van der Waals surface area contributed by atoms with Crippen LogP contribution in [0.25, 0.3) is 11.7 Å². The zero-order valence-electron chi connectivity index (χ0n) is 9.64. The third kappa shape index (κ3) is 2.24. The van der Waals surface area contributed by atoms with E-state index in [1.807, 2.05) is 28.8 Å². The number of amides is 1. The largest absolute Gasteiger partial charge is 0.350 e. The third-order valence-electron chi connectivity index (χ3n) is 2.84. The third-order valence-corrected chi connectivity index (χ3v) is 3.12. The number of halogens is 1. The van der Waals surface area contributed by atoms with Gasteiger partial charge in [0.05, 0.1) is 5.69 Å². The van der Waals surface area contributed by atoms with Gasteiger partial charge in [-0.2, -0.15) is 0 Å². The summed E-state index contributed by atoms with van der Waals surface area (Å²) in [5.41, 5.74) is 1.49. The molecule has 92 valence electrons. The molecule has 2 heterocycles. The Bertz CT molecular complexity index is 628. The number of imidazole rings is 1. The van der Waals surface area contributed by atoms with Crippen molar-refractivity contribution in [2.45, 2.75) is 18.9 Å². The summed E-state index contributed by atoms with van der Waals surface area (Å²) in [6, 6.07) is 6.02. The Morgan fingerprint density at radius 1 is 1.50 bits per heavy atom. The van der Waals surface area contributed by atoms with Crippen molar-refractivity contribution in [2.75, 3.05) is 0 Å². The average Bonchev–Trinajstić information content (AvgIpc) is 3.09. The standard InChI is InChI=1S/C13H12ClN3O/c14-13-10(6-7-12(18)15-9-4-5-9)17-8-2-1-3-11(17)16-13/h1-3,6-9H,4-5H2,(H,15,18)/b7-6+. The van der Waals surface area contributed by atoms with Crippen LogP contribution >= 0.6 is 11.6 Å². The highest BCUT2D eigenvalue weighted by molar-refractivity contribution is 6.31. The zero-order valence-corrected chi connectivity index (χ0v) is 10.4. The van der Waals surface area contributed by atoms with Gasteiger partial charge in [-0.15, -0.1) is 0 Å².